The van der Waals surface area contributed by atoms with Gasteiger partial charge in [-0.1, -0.05) is 17.7 Å². The van der Waals surface area contributed by atoms with Crippen LogP contribution in [0, 0.1) is 5.92 Å². The first-order valence-electron chi connectivity index (χ1n) is 7.44. The lowest BCUT2D eigenvalue weighted by Gasteiger charge is -2.28. The van der Waals surface area contributed by atoms with E-state index in [-0.39, 0.29) is 6.04 Å². The van der Waals surface area contributed by atoms with Crippen molar-refractivity contribution in [3.8, 4) is 0 Å². The Labute approximate surface area is 120 Å². The van der Waals surface area contributed by atoms with Crippen LogP contribution < -0.4 is 10.6 Å². The average molecular weight is 279 g/mol. The van der Waals surface area contributed by atoms with Gasteiger partial charge in [-0.05, 0) is 62.6 Å². The lowest BCUT2D eigenvalue weighted by atomic mass is 10.0. The zero-order valence-corrected chi connectivity index (χ0v) is 12.4. The van der Waals surface area contributed by atoms with E-state index in [0.29, 0.717) is 0 Å². The summed E-state index contributed by atoms with van der Waals surface area (Å²) in [5.74, 6) is 0.905. The third-order valence-corrected chi connectivity index (χ3v) is 4.27. The number of benzene rings is 1. The van der Waals surface area contributed by atoms with Crippen molar-refractivity contribution in [1.29, 1.82) is 0 Å². The quantitative estimate of drug-likeness (QED) is 0.861. The van der Waals surface area contributed by atoms with Crippen molar-refractivity contribution < 1.29 is 0 Å². The average Bonchev–Trinajstić information content (AvgIpc) is 3.22. The summed E-state index contributed by atoms with van der Waals surface area (Å²) >= 11 is 6.22. The highest BCUT2D eigenvalue weighted by Gasteiger charge is 2.34. The SMILES string of the molecule is CC(N)Cc1ccc(Cl)cc1N(CC1CC1)C1CC1. The van der Waals surface area contributed by atoms with Crippen molar-refractivity contribution in [3.63, 3.8) is 0 Å². The van der Waals surface area contributed by atoms with Gasteiger partial charge in [-0.3, -0.25) is 0 Å². The Morgan fingerprint density at radius 1 is 1.32 bits per heavy atom. The van der Waals surface area contributed by atoms with Gasteiger partial charge in [0.25, 0.3) is 0 Å². The number of nitrogens with two attached hydrogens (primary N) is 1. The zero-order chi connectivity index (χ0) is 13.4. The minimum Gasteiger partial charge on any atom is -0.368 e. The molecule has 0 aromatic heterocycles. The van der Waals surface area contributed by atoms with Crippen LogP contribution >= 0.6 is 11.6 Å². The highest BCUT2D eigenvalue weighted by molar-refractivity contribution is 6.30. The van der Waals surface area contributed by atoms with Crippen LogP contribution in [0.15, 0.2) is 18.2 Å². The van der Waals surface area contributed by atoms with Gasteiger partial charge in [0, 0.05) is 29.3 Å². The van der Waals surface area contributed by atoms with Gasteiger partial charge in [-0.15, -0.1) is 0 Å². The number of halogens is 1. The Morgan fingerprint density at radius 3 is 2.63 bits per heavy atom. The van der Waals surface area contributed by atoms with Crippen molar-refractivity contribution in [3.05, 3.63) is 28.8 Å². The molecule has 0 saturated heterocycles. The van der Waals surface area contributed by atoms with Gasteiger partial charge in [-0.25, -0.2) is 0 Å². The third kappa shape index (κ3) is 3.43. The molecule has 3 rings (SSSR count). The molecule has 2 aliphatic carbocycles. The predicted molar refractivity (Wildman–Crippen MR) is 81.9 cm³/mol. The molecule has 2 saturated carbocycles. The molecule has 0 spiro atoms. The number of hydrogen-bond acceptors (Lipinski definition) is 2. The maximum Gasteiger partial charge on any atom is 0.0426 e. The smallest absolute Gasteiger partial charge is 0.0426 e. The van der Waals surface area contributed by atoms with E-state index in [0.717, 1.165) is 23.4 Å². The van der Waals surface area contributed by atoms with Gasteiger partial charge in [-0.2, -0.15) is 0 Å². The van der Waals surface area contributed by atoms with Crippen LogP contribution in [-0.4, -0.2) is 18.6 Å². The molecule has 1 atom stereocenters. The molecule has 2 N–H and O–H groups in total. The second kappa shape index (κ2) is 5.34. The Kier molecular flexibility index (Phi) is 3.72. The van der Waals surface area contributed by atoms with Gasteiger partial charge >= 0.3 is 0 Å². The van der Waals surface area contributed by atoms with Gasteiger partial charge in [0.1, 0.15) is 0 Å². The highest BCUT2D eigenvalue weighted by atomic mass is 35.5. The Morgan fingerprint density at radius 2 is 2.05 bits per heavy atom. The van der Waals surface area contributed by atoms with Crippen LogP contribution in [0.3, 0.4) is 0 Å². The molecule has 104 valence electrons. The van der Waals surface area contributed by atoms with Crippen molar-refractivity contribution in [2.75, 3.05) is 11.4 Å². The van der Waals surface area contributed by atoms with Crippen LogP contribution in [0.1, 0.15) is 38.2 Å². The second-order valence-corrected chi connectivity index (χ2v) is 6.72. The molecule has 0 amide bonds. The molecule has 0 heterocycles. The Hall–Kier alpha value is -0.730. The molecular formula is C16H23ClN2. The summed E-state index contributed by atoms with van der Waals surface area (Å²) in [4.78, 5) is 2.60. The van der Waals surface area contributed by atoms with Crippen molar-refractivity contribution in [2.24, 2.45) is 11.7 Å². The van der Waals surface area contributed by atoms with Crippen LogP contribution in [0.4, 0.5) is 5.69 Å². The summed E-state index contributed by atoms with van der Waals surface area (Å²) in [6, 6.07) is 7.22. The maximum atomic E-state index is 6.22. The van der Waals surface area contributed by atoms with E-state index >= 15 is 0 Å². The summed E-state index contributed by atoms with van der Waals surface area (Å²) in [6.07, 6.45) is 6.38. The van der Waals surface area contributed by atoms with E-state index in [9.17, 15) is 0 Å². The molecule has 1 unspecified atom stereocenters. The van der Waals surface area contributed by atoms with Gasteiger partial charge in [0.2, 0.25) is 0 Å². The zero-order valence-electron chi connectivity index (χ0n) is 11.6. The number of hydrogen-bond donors (Lipinski definition) is 1. The topological polar surface area (TPSA) is 29.3 Å². The largest absolute Gasteiger partial charge is 0.368 e. The van der Waals surface area contributed by atoms with Gasteiger partial charge < -0.3 is 10.6 Å². The predicted octanol–water partition coefficient (Wildman–Crippen LogP) is 3.61. The lowest BCUT2D eigenvalue weighted by Crippen LogP contribution is -2.30. The summed E-state index contributed by atoms with van der Waals surface area (Å²) in [6.45, 7) is 3.28. The summed E-state index contributed by atoms with van der Waals surface area (Å²) in [7, 11) is 0. The first-order valence-corrected chi connectivity index (χ1v) is 7.82. The third-order valence-electron chi connectivity index (χ3n) is 4.04. The van der Waals surface area contributed by atoms with E-state index in [4.69, 9.17) is 17.3 Å². The van der Waals surface area contributed by atoms with E-state index in [1.807, 2.05) is 6.07 Å². The molecule has 3 heteroatoms. The first-order chi connectivity index (χ1) is 9.13. The van der Waals surface area contributed by atoms with Gasteiger partial charge in [0.15, 0.2) is 0 Å². The fourth-order valence-corrected chi connectivity index (χ4v) is 2.90. The lowest BCUT2D eigenvalue weighted by molar-refractivity contribution is 0.699. The minimum absolute atomic E-state index is 0.196. The summed E-state index contributed by atoms with van der Waals surface area (Å²) in [5, 5.41) is 0.838. The molecule has 0 radical (unpaired) electrons. The number of anilines is 1. The van der Waals surface area contributed by atoms with Crippen LogP contribution in [0.5, 0.6) is 0 Å². The monoisotopic (exact) mass is 278 g/mol. The Bertz CT molecular complexity index is 450. The Balaban J connectivity index is 1.87. The van der Waals surface area contributed by atoms with E-state index in [2.05, 4.69) is 24.0 Å². The van der Waals surface area contributed by atoms with E-state index in [1.165, 1.54) is 43.5 Å². The molecule has 0 bridgehead atoms. The van der Waals surface area contributed by atoms with Crippen LogP contribution in [0.2, 0.25) is 5.02 Å². The second-order valence-electron chi connectivity index (χ2n) is 6.28. The number of rotatable bonds is 6. The van der Waals surface area contributed by atoms with E-state index < -0.39 is 0 Å². The molecule has 1 aromatic rings. The standard InChI is InChI=1S/C16H23ClN2/c1-11(18)8-13-4-5-14(17)9-16(13)19(15-6-7-15)10-12-2-3-12/h4-5,9,11-12,15H,2-3,6-8,10,18H2,1H3. The summed E-state index contributed by atoms with van der Waals surface area (Å²) < 4.78 is 0. The van der Waals surface area contributed by atoms with Crippen LogP contribution in [-0.2, 0) is 6.42 Å². The summed E-state index contributed by atoms with van der Waals surface area (Å²) in [5.41, 5.74) is 8.67. The molecule has 0 aliphatic heterocycles. The van der Waals surface area contributed by atoms with Crippen molar-refractivity contribution >= 4 is 17.3 Å². The molecule has 2 nitrogen and oxygen atoms in total. The normalized spacial score (nSPS) is 20.4. The van der Waals surface area contributed by atoms with Crippen molar-refractivity contribution in [2.45, 2.75) is 51.1 Å². The van der Waals surface area contributed by atoms with Gasteiger partial charge in [0.05, 0.1) is 0 Å². The molecule has 2 fully saturated rings. The number of nitrogens with zero attached hydrogens (tertiary/aromatic N) is 1. The molecule has 2 aliphatic rings. The van der Waals surface area contributed by atoms with Crippen LogP contribution in [0.25, 0.3) is 0 Å². The maximum absolute atomic E-state index is 6.22. The minimum atomic E-state index is 0.196. The van der Waals surface area contributed by atoms with Crippen molar-refractivity contribution in [1.82, 2.24) is 0 Å². The molecular weight excluding hydrogens is 256 g/mol. The molecule has 1 aromatic carbocycles. The fourth-order valence-electron chi connectivity index (χ4n) is 2.73. The van der Waals surface area contributed by atoms with E-state index in [1.54, 1.807) is 0 Å². The molecule has 19 heavy (non-hydrogen) atoms. The first kappa shape index (κ1) is 13.3. The fraction of sp³-hybridized carbons (Fsp3) is 0.625. The highest BCUT2D eigenvalue weighted by Crippen LogP contribution is 2.39.